The number of aliphatic imine (C=N–C) groups is 1. The molecule has 0 spiro atoms. The molecule has 4 rings (SSSR count). The van der Waals surface area contributed by atoms with Crippen LogP contribution in [0.1, 0.15) is 17.5 Å². The number of halogens is 3. The SMILES string of the molecule is COCC1(C2(c3ccccc3)N=C(N)N(C)C2=O)C=CC=C(c2ccccc2)C1.O=C(O)C(F)(F)F. The van der Waals surface area contributed by atoms with Crippen molar-refractivity contribution < 1.29 is 32.6 Å². The van der Waals surface area contributed by atoms with Crippen LogP contribution in [0.25, 0.3) is 5.57 Å². The molecule has 2 aromatic rings. The first kappa shape index (κ1) is 26.7. The highest BCUT2D eigenvalue weighted by Gasteiger charge is 2.61. The average molecular weight is 502 g/mol. The van der Waals surface area contributed by atoms with Gasteiger partial charge in [-0.15, -0.1) is 0 Å². The fourth-order valence-electron chi connectivity index (χ4n) is 4.49. The third-order valence-electron chi connectivity index (χ3n) is 6.16. The molecule has 2 unspecified atom stereocenters. The van der Waals surface area contributed by atoms with Crippen molar-refractivity contribution in [1.82, 2.24) is 4.90 Å². The van der Waals surface area contributed by atoms with Crippen LogP contribution >= 0.6 is 0 Å². The van der Waals surface area contributed by atoms with Gasteiger partial charge in [0.1, 0.15) is 0 Å². The minimum atomic E-state index is -5.08. The summed E-state index contributed by atoms with van der Waals surface area (Å²) in [5.74, 6) is -2.68. The maximum atomic E-state index is 13.7. The molecule has 0 saturated carbocycles. The van der Waals surface area contributed by atoms with Crippen molar-refractivity contribution in [2.24, 2.45) is 16.1 Å². The first-order valence-corrected chi connectivity index (χ1v) is 10.9. The van der Waals surface area contributed by atoms with Crippen molar-refractivity contribution in [3.8, 4) is 0 Å². The Balaban J connectivity index is 0.000000454. The molecule has 10 heteroatoms. The molecule has 0 radical (unpaired) electrons. The number of methoxy groups -OCH3 is 1. The number of nitrogens with zero attached hydrogens (tertiary/aromatic N) is 2. The van der Waals surface area contributed by atoms with Crippen LogP contribution in [0, 0.1) is 5.41 Å². The van der Waals surface area contributed by atoms with Crippen LogP contribution in [0.4, 0.5) is 13.2 Å². The van der Waals surface area contributed by atoms with Gasteiger partial charge in [0.05, 0.1) is 12.0 Å². The van der Waals surface area contributed by atoms with Gasteiger partial charge in [0.25, 0.3) is 5.91 Å². The number of benzene rings is 2. The Hall–Kier alpha value is -3.92. The molecular formula is C26H26F3N3O4. The van der Waals surface area contributed by atoms with Crippen LogP contribution in [0.5, 0.6) is 0 Å². The van der Waals surface area contributed by atoms with E-state index in [0.717, 1.165) is 16.7 Å². The lowest BCUT2D eigenvalue weighted by molar-refractivity contribution is -0.192. The maximum absolute atomic E-state index is 13.7. The minimum absolute atomic E-state index is 0.141. The van der Waals surface area contributed by atoms with Crippen molar-refractivity contribution in [2.75, 3.05) is 20.8 Å². The number of nitrogens with two attached hydrogens (primary N) is 1. The van der Waals surface area contributed by atoms with E-state index in [1.165, 1.54) is 4.90 Å². The number of amides is 1. The molecule has 2 aromatic carbocycles. The average Bonchev–Trinajstić information content (AvgIpc) is 3.10. The van der Waals surface area contributed by atoms with Crippen molar-refractivity contribution in [3.05, 3.63) is 90.0 Å². The second-order valence-corrected chi connectivity index (χ2v) is 8.40. The smallest absolute Gasteiger partial charge is 0.475 e. The fraction of sp³-hybridized carbons (Fsp3) is 0.269. The molecule has 0 saturated heterocycles. The number of guanidine groups is 1. The van der Waals surface area contributed by atoms with Crippen LogP contribution in [0.15, 0.2) is 83.9 Å². The second-order valence-electron chi connectivity index (χ2n) is 8.40. The van der Waals surface area contributed by atoms with E-state index in [4.69, 9.17) is 25.4 Å². The quantitative estimate of drug-likeness (QED) is 0.645. The zero-order chi connectivity index (χ0) is 26.6. The highest BCUT2D eigenvalue weighted by molar-refractivity contribution is 6.08. The van der Waals surface area contributed by atoms with Gasteiger partial charge >= 0.3 is 12.1 Å². The Bertz CT molecular complexity index is 1200. The fourth-order valence-corrected chi connectivity index (χ4v) is 4.49. The predicted octanol–water partition coefficient (Wildman–Crippen LogP) is 3.98. The van der Waals surface area contributed by atoms with E-state index in [1.54, 1.807) is 14.2 Å². The van der Waals surface area contributed by atoms with Crippen LogP contribution in [-0.2, 0) is 19.9 Å². The minimum Gasteiger partial charge on any atom is -0.475 e. The van der Waals surface area contributed by atoms with E-state index in [9.17, 15) is 18.0 Å². The summed E-state index contributed by atoms with van der Waals surface area (Å²) in [6, 6.07) is 19.9. The van der Waals surface area contributed by atoms with Gasteiger partial charge in [0, 0.05) is 14.2 Å². The summed E-state index contributed by atoms with van der Waals surface area (Å²) >= 11 is 0. The molecule has 190 valence electrons. The third kappa shape index (κ3) is 4.90. The molecule has 0 aromatic heterocycles. The number of carboxylic acid groups (broad SMARTS) is 1. The Morgan fingerprint density at radius 2 is 1.69 bits per heavy atom. The van der Waals surface area contributed by atoms with Gasteiger partial charge in [-0.2, -0.15) is 13.2 Å². The summed E-state index contributed by atoms with van der Waals surface area (Å²) in [5.41, 5.74) is 7.34. The van der Waals surface area contributed by atoms with Crippen LogP contribution < -0.4 is 5.73 Å². The largest absolute Gasteiger partial charge is 0.490 e. The number of carbonyl (C=O) groups excluding carboxylic acids is 1. The lowest BCUT2D eigenvalue weighted by Crippen LogP contribution is -2.53. The van der Waals surface area contributed by atoms with E-state index < -0.39 is 23.1 Å². The van der Waals surface area contributed by atoms with Crippen LogP contribution in [0.2, 0.25) is 0 Å². The topological polar surface area (TPSA) is 105 Å². The van der Waals surface area contributed by atoms with E-state index in [2.05, 4.69) is 24.3 Å². The number of likely N-dealkylation sites (N-methyl/N-ethyl adjacent to an activating group) is 1. The zero-order valence-electron chi connectivity index (χ0n) is 19.7. The van der Waals surface area contributed by atoms with E-state index in [-0.39, 0.29) is 11.9 Å². The highest BCUT2D eigenvalue weighted by atomic mass is 19.4. The molecular weight excluding hydrogens is 475 g/mol. The lowest BCUT2D eigenvalue weighted by atomic mass is 9.61. The summed E-state index contributed by atoms with van der Waals surface area (Å²) in [5, 5.41) is 7.12. The van der Waals surface area contributed by atoms with E-state index in [1.807, 2.05) is 54.6 Å². The number of rotatable bonds is 5. The Kier molecular flexibility index (Phi) is 7.68. The van der Waals surface area contributed by atoms with Gasteiger partial charge in [0.15, 0.2) is 11.5 Å². The molecule has 1 heterocycles. The number of aliphatic carboxylic acids is 1. The number of carbonyl (C=O) groups is 2. The van der Waals surface area contributed by atoms with Crippen molar-refractivity contribution in [3.63, 3.8) is 0 Å². The van der Waals surface area contributed by atoms with Crippen LogP contribution in [0.3, 0.4) is 0 Å². The first-order chi connectivity index (χ1) is 17.0. The monoisotopic (exact) mass is 501 g/mol. The van der Waals surface area contributed by atoms with Crippen molar-refractivity contribution >= 4 is 23.4 Å². The lowest BCUT2D eigenvalue weighted by Gasteiger charge is -2.45. The highest BCUT2D eigenvalue weighted by Crippen LogP contribution is 2.54. The van der Waals surface area contributed by atoms with Gasteiger partial charge in [0.2, 0.25) is 0 Å². The molecule has 1 amide bonds. The first-order valence-electron chi connectivity index (χ1n) is 10.9. The molecule has 7 nitrogen and oxygen atoms in total. The van der Waals surface area contributed by atoms with Gasteiger partial charge in [-0.05, 0) is 23.1 Å². The molecule has 0 bridgehead atoms. The standard InChI is InChI=1S/C24H25N3O2.C2HF3O2/c1-27-21(28)24(26-22(27)25,20-13-7-4-8-14-20)23(17-29-2)15-9-12-19(16-23)18-10-5-3-6-11-18;3-2(4,5)1(6)7/h3-15H,16-17H2,1-2H3,(H2,25,26);(H,6,7). The van der Waals surface area contributed by atoms with Gasteiger partial charge < -0.3 is 15.6 Å². The molecule has 0 fully saturated rings. The number of alkyl halides is 3. The van der Waals surface area contributed by atoms with Gasteiger partial charge in [-0.3, -0.25) is 9.69 Å². The Morgan fingerprint density at radius 3 is 2.17 bits per heavy atom. The molecule has 3 N–H and O–H groups in total. The Labute approximate surface area is 206 Å². The third-order valence-corrected chi connectivity index (χ3v) is 6.16. The van der Waals surface area contributed by atoms with Crippen molar-refractivity contribution in [2.45, 2.75) is 18.1 Å². The number of carboxylic acids is 1. The Morgan fingerprint density at radius 1 is 1.14 bits per heavy atom. The van der Waals surface area contributed by atoms with E-state index >= 15 is 0 Å². The number of hydrogen-bond acceptors (Lipinski definition) is 5. The number of ether oxygens (including phenoxy) is 1. The molecule has 1 aliphatic carbocycles. The maximum Gasteiger partial charge on any atom is 0.490 e. The summed E-state index contributed by atoms with van der Waals surface area (Å²) in [7, 11) is 3.33. The van der Waals surface area contributed by atoms with Gasteiger partial charge in [-0.25, -0.2) is 9.79 Å². The summed E-state index contributed by atoms with van der Waals surface area (Å²) < 4.78 is 37.4. The van der Waals surface area contributed by atoms with E-state index in [0.29, 0.717) is 13.0 Å². The summed E-state index contributed by atoms with van der Waals surface area (Å²) in [6.07, 6.45) is 1.68. The second kappa shape index (κ2) is 10.4. The molecule has 1 aliphatic heterocycles. The predicted molar refractivity (Wildman–Crippen MR) is 129 cm³/mol. The summed E-state index contributed by atoms with van der Waals surface area (Å²) in [6.45, 7) is 0.332. The number of allylic oxidation sites excluding steroid dienone is 3. The zero-order valence-corrected chi connectivity index (χ0v) is 19.7. The number of hydrogen-bond donors (Lipinski definition) is 2. The molecule has 2 aliphatic rings. The van der Waals surface area contributed by atoms with Gasteiger partial charge in [-0.1, -0.05) is 78.9 Å². The normalized spacial score (nSPS) is 23.5. The van der Waals surface area contributed by atoms with Crippen molar-refractivity contribution in [1.29, 1.82) is 0 Å². The molecule has 36 heavy (non-hydrogen) atoms. The summed E-state index contributed by atoms with van der Waals surface area (Å²) in [4.78, 5) is 28.8. The molecule has 2 atom stereocenters. The van der Waals surface area contributed by atoms with Crippen LogP contribution in [-0.4, -0.2) is 54.8 Å².